The summed E-state index contributed by atoms with van der Waals surface area (Å²) in [6, 6.07) is 20.2. The maximum Gasteiger partial charge on any atom is 0.253 e. The first kappa shape index (κ1) is 19.1. The molecule has 3 aromatic rings. The average molecular weight is 363 g/mol. The Morgan fingerprint density at radius 2 is 1.89 bits per heavy atom. The normalized spacial score (nSPS) is 10.9. The van der Waals surface area contributed by atoms with Crippen molar-refractivity contribution in [1.82, 2.24) is 4.90 Å². The number of carbonyl (C=O) groups is 1. The Kier molecular flexibility index (Phi) is 6.22. The number of benzene rings is 3. The Hall–Kier alpha value is -2.69. The maximum absolute atomic E-state index is 12.7. The highest BCUT2D eigenvalue weighted by Crippen LogP contribution is 2.33. The van der Waals surface area contributed by atoms with Crippen molar-refractivity contribution in [3.05, 3.63) is 71.8 Å². The number of hydrogen-bond donors (Lipinski definition) is 1. The number of aliphatic hydroxyl groups excluding tert-OH is 1. The molecule has 1 N–H and O–H groups in total. The number of amides is 1. The van der Waals surface area contributed by atoms with Crippen molar-refractivity contribution in [2.24, 2.45) is 0 Å². The van der Waals surface area contributed by atoms with Crippen molar-refractivity contribution in [2.75, 3.05) is 27.3 Å². The molecule has 0 saturated heterocycles. The van der Waals surface area contributed by atoms with E-state index in [9.17, 15) is 4.79 Å². The number of rotatable bonds is 7. The first-order chi connectivity index (χ1) is 13.2. The summed E-state index contributed by atoms with van der Waals surface area (Å²) in [5.74, 6) is -0.0428. The molecule has 0 atom stereocenters. The van der Waals surface area contributed by atoms with Gasteiger partial charge in [-0.25, -0.2) is 0 Å². The lowest BCUT2D eigenvalue weighted by atomic mass is 9.92. The fourth-order valence-electron chi connectivity index (χ4n) is 3.37. The van der Waals surface area contributed by atoms with Crippen LogP contribution in [0.3, 0.4) is 0 Å². The van der Waals surface area contributed by atoms with Gasteiger partial charge in [-0.05, 0) is 46.0 Å². The molecule has 0 aliphatic carbocycles. The lowest BCUT2D eigenvalue weighted by Crippen LogP contribution is -2.28. The van der Waals surface area contributed by atoms with E-state index < -0.39 is 0 Å². The van der Waals surface area contributed by atoms with Gasteiger partial charge in [-0.2, -0.15) is 0 Å². The highest BCUT2D eigenvalue weighted by atomic mass is 16.5. The molecule has 0 bridgehead atoms. The van der Waals surface area contributed by atoms with Crippen LogP contribution < -0.4 is 0 Å². The lowest BCUT2D eigenvalue weighted by molar-refractivity contribution is 0.0786. The molecule has 4 heteroatoms. The molecule has 0 aliphatic rings. The minimum Gasteiger partial charge on any atom is -0.396 e. The van der Waals surface area contributed by atoms with E-state index in [4.69, 9.17) is 9.84 Å². The Morgan fingerprint density at radius 3 is 2.67 bits per heavy atom. The lowest BCUT2D eigenvalue weighted by Gasteiger charge is -2.18. The van der Waals surface area contributed by atoms with Gasteiger partial charge in [-0.15, -0.1) is 0 Å². The van der Waals surface area contributed by atoms with E-state index in [2.05, 4.69) is 24.3 Å². The van der Waals surface area contributed by atoms with Crippen LogP contribution in [0, 0.1) is 0 Å². The van der Waals surface area contributed by atoms with Gasteiger partial charge in [-0.1, -0.05) is 48.5 Å². The van der Waals surface area contributed by atoms with Crippen LogP contribution in [0.4, 0.5) is 0 Å². The predicted molar refractivity (Wildman–Crippen MR) is 109 cm³/mol. The zero-order valence-corrected chi connectivity index (χ0v) is 15.8. The van der Waals surface area contributed by atoms with Gasteiger partial charge in [-0.3, -0.25) is 4.79 Å². The number of ether oxygens (including phenoxy) is 1. The minimum atomic E-state index is -0.0428. The molecule has 3 aromatic carbocycles. The zero-order chi connectivity index (χ0) is 19.2. The summed E-state index contributed by atoms with van der Waals surface area (Å²) in [7, 11) is 3.45. The second-order valence-corrected chi connectivity index (χ2v) is 6.64. The molecular formula is C23H25NO3. The molecule has 0 saturated carbocycles. The zero-order valence-electron chi connectivity index (χ0n) is 15.8. The highest BCUT2D eigenvalue weighted by molar-refractivity contribution is 6.00. The third-order valence-electron chi connectivity index (χ3n) is 4.71. The Bertz CT molecular complexity index is 936. The molecule has 0 aliphatic heterocycles. The van der Waals surface area contributed by atoms with Gasteiger partial charge >= 0.3 is 0 Å². The van der Waals surface area contributed by atoms with Crippen LogP contribution in [0.15, 0.2) is 60.7 Å². The van der Waals surface area contributed by atoms with E-state index in [0.29, 0.717) is 25.1 Å². The second-order valence-electron chi connectivity index (χ2n) is 6.64. The molecule has 3 rings (SSSR count). The summed E-state index contributed by atoms with van der Waals surface area (Å²) < 4.78 is 5.40. The number of carbonyl (C=O) groups excluding carboxylic acids is 1. The fraction of sp³-hybridized carbons (Fsp3) is 0.261. The van der Waals surface area contributed by atoms with Crippen LogP contribution in [0.25, 0.3) is 21.9 Å². The van der Waals surface area contributed by atoms with Gasteiger partial charge in [0.05, 0.1) is 6.61 Å². The quantitative estimate of drug-likeness (QED) is 0.687. The van der Waals surface area contributed by atoms with Crippen LogP contribution in [0.2, 0.25) is 0 Å². The first-order valence-electron chi connectivity index (χ1n) is 9.12. The second kappa shape index (κ2) is 8.80. The minimum absolute atomic E-state index is 0.0428. The van der Waals surface area contributed by atoms with Crippen LogP contribution in [-0.2, 0) is 11.3 Å². The van der Waals surface area contributed by atoms with Crippen LogP contribution in [-0.4, -0.2) is 43.2 Å². The third kappa shape index (κ3) is 4.18. The van der Waals surface area contributed by atoms with Crippen LogP contribution >= 0.6 is 0 Å². The Balaban J connectivity index is 2.07. The largest absolute Gasteiger partial charge is 0.396 e. The smallest absolute Gasteiger partial charge is 0.253 e. The number of aliphatic hydroxyl groups is 1. The van der Waals surface area contributed by atoms with E-state index in [0.717, 1.165) is 27.5 Å². The molecule has 27 heavy (non-hydrogen) atoms. The summed E-state index contributed by atoms with van der Waals surface area (Å²) >= 11 is 0. The van der Waals surface area contributed by atoms with E-state index in [1.807, 2.05) is 36.4 Å². The number of nitrogens with zero attached hydrogens (tertiary/aromatic N) is 1. The van der Waals surface area contributed by atoms with Gasteiger partial charge < -0.3 is 14.7 Å². The third-order valence-corrected chi connectivity index (χ3v) is 4.71. The summed E-state index contributed by atoms with van der Waals surface area (Å²) in [6.45, 7) is 1.12. The van der Waals surface area contributed by atoms with Crippen molar-refractivity contribution >= 4 is 16.7 Å². The SMILES string of the molecule is COCc1ccc2ccccc2c1-c1cccc(C(=O)N(C)CCCO)c1. The molecular weight excluding hydrogens is 338 g/mol. The molecule has 0 heterocycles. The number of fused-ring (bicyclic) bond motifs is 1. The molecule has 0 unspecified atom stereocenters. The molecule has 0 fully saturated rings. The van der Waals surface area contributed by atoms with E-state index in [1.54, 1.807) is 19.1 Å². The van der Waals surface area contributed by atoms with Crippen molar-refractivity contribution in [1.29, 1.82) is 0 Å². The average Bonchev–Trinajstić information content (AvgIpc) is 2.71. The monoisotopic (exact) mass is 363 g/mol. The highest BCUT2D eigenvalue weighted by Gasteiger charge is 2.15. The van der Waals surface area contributed by atoms with Crippen molar-refractivity contribution in [3.63, 3.8) is 0 Å². The Morgan fingerprint density at radius 1 is 1.07 bits per heavy atom. The van der Waals surface area contributed by atoms with Gasteiger partial charge in [0.1, 0.15) is 0 Å². The summed E-state index contributed by atoms with van der Waals surface area (Å²) in [4.78, 5) is 14.4. The molecule has 0 aromatic heterocycles. The summed E-state index contributed by atoms with van der Waals surface area (Å²) in [5, 5.41) is 11.3. The molecule has 140 valence electrons. The molecule has 0 radical (unpaired) electrons. The summed E-state index contributed by atoms with van der Waals surface area (Å²) in [6.07, 6.45) is 0.573. The van der Waals surface area contributed by atoms with Gasteiger partial charge in [0.15, 0.2) is 0 Å². The number of methoxy groups -OCH3 is 1. The Labute approximate surface area is 160 Å². The van der Waals surface area contributed by atoms with Crippen LogP contribution in [0.1, 0.15) is 22.3 Å². The number of hydrogen-bond acceptors (Lipinski definition) is 3. The molecule has 0 spiro atoms. The first-order valence-corrected chi connectivity index (χ1v) is 9.12. The van der Waals surface area contributed by atoms with Crippen molar-refractivity contribution in [2.45, 2.75) is 13.0 Å². The molecule has 1 amide bonds. The van der Waals surface area contributed by atoms with E-state index >= 15 is 0 Å². The standard InChI is InChI=1S/C23H25NO3/c1-24(13-6-14-25)23(26)19-9-5-8-18(15-19)22-20(16-27-2)12-11-17-7-3-4-10-21(17)22/h3-5,7-12,15,25H,6,13-14,16H2,1-2H3. The van der Waals surface area contributed by atoms with E-state index in [-0.39, 0.29) is 12.5 Å². The van der Waals surface area contributed by atoms with E-state index in [1.165, 1.54) is 0 Å². The molecule has 4 nitrogen and oxygen atoms in total. The maximum atomic E-state index is 12.7. The van der Waals surface area contributed by atoms with Gasteiger partial charge in [0.25, 0.3) is 5.91 Å². The topological polar surface area (TPSA) is 49.8 Å². The van der Waals surface area contributed by atoms with Crippen molar-refractivity contribution < 1.29 is 14.6 Å². The fourth-order valence-corrected chi connectivity index (χ4v) is 3.37. The summed E-state index contributed by atoms with van der Waals surface area (Å²) in [5.41, 5.74) is 3.83. The predicted octanol–water partition coefficient (Wildman–Crippen LogP) is 4.11. The van der Waals surface area contributed by atoms with Crippen molar-refractivity contribution in [3.8, 4) is 11.1 Å². The van der Waals surface area contributed by atoms with Crippen LogP contribution in [0.5, 0.6) is 0 Å². The van der Waals surface area contributed by atoms with Gasteiger partial charge in [0.2, 0.25) is 0 Å². The van der Waals surface area contributed by atoms with Gasteiger partial charge in [0, 0.05) is 32.9 Å².